The van der Waals surface area contributed by atoms with Gasteiger partial charge in [-0.1, -0.05) is 6.07 Å². The number of carbonyl (C=O) groups excluding carboxylic acids is 1. The number of aromatic amines is 1. The van der Waals surface area contributed by atoms with Crippen LogP contribution < -0.4 is 10.6 Å². The van der Waals surface area contributed by atoms with E-state index in [4.69, 9.17) is 0 Å². The van der Waals surface area contributed by atoms with Gasteiger partial charge in [-0.2, -0.15) is 5.10 Å². The summed E-state index contributed by atoms with van der Waals surface area (Å²) in [5, 5.41) is 13.1. The zero-order valence-electron chi connectivity index (χ0n) is 13.1. The van der Waals surface area contributed by atoms with Crippen molar-refractivity contribution in [1.29, 1.82) is 0 Å². The Morgan fingerprint density at radius 2 is 2.17 bits per heavy atom. The van der Waals surface area contributed by atoms with Gasteiger partial charge in [0.2, 0.25) is 0 Å². The predicted octanol–water partition coefficient (Wildman–Crippen LogP) is 1.80. The first-order chi connectivity index (χ1) is 11.6. The summed E-state index contributed by atoms with van der Waals surface area (Å²) in [6.07, 6.45) is 2.37. The van der Waals surface area contributed by atoms with Gasteiger partial charge in [-0.05, 0) is 24.5 Å². The van der Waals surface area contributed by atoms with E-state index >= 15 is 0 Å². The Bertz CT molecular complexity index is 798. The largest absolute Gasteiger partial charge is 0.350 e. The highest BCUT2D eigenvalue weighted by molar-refractivity contribution is 5.94. The van der Waals surface area contributed by atoms with Crippen molar-refractivity contribution in [2.24, 2.45) is 0 Å². The van der Waals surface area contributed by atoms with Gasteiger partial charge in [-0.3, -0.25) is 9.89 Å². The second kappa shape index (κ2) is 5.66. The number of hydrogen-bond donors (Lipinski definition) is 3. The summed E-state index contributed by atoms with van der Waals surface area (Å²) in [6.45, 7) is 1.80. The van der Waals surface area contributed by atoms with E-state index in [9.17, 15) is 13.6 Å². The molecule has 1 aliphatic carbocycles. The third-order valence-corrected chi connectivity index (χ3v) is 4.96. The average Bonchev–Trinajstić information content (AvgIpc) is 3.23. The minimum Gasteiger partial charge on any atom is -0.350 e. The second-order valence-electron chi connectivity index (χ2n) is 6.54. The van der Waals surface area contributed by atoms with E-state index in [2.05, 4.69) is 20.8 Å². The number of amides is 1. The van der Waals surface area contributed by atoms with Crippen LogP contribution in [0.2, 0.25) is 0 Å². The van der Waals surface area contributed by atoms with Gasteiger partial charge in [0.15, 0.2) is 5.69 Å². The topological polar surface area (TPSA) is 69.8 Å². The molecule has 2 aromatic rings. The molecule has 2 aliphatic rings. The molecule has 126 valence electrons. The molecule has 2 heterocycles. The molecule has 0 saturated heterocycles. The van der Waals surface area contributed by atoms with Crippen LogP contribution in [-0.4, -0.2) is 29.2 Å². The Hall–Kier alpha value is -2.28. The van der Waals surface area contributed by atoms with E-state index in [-0.39, 0.29) is 5.91 Å². The molecular formula is C17H18F2N4O. The first kappa shape index (κ1) is 15.3. The van der Waals surface area contributed by atoms with Gasteiger partial charge in [0, 0.05) is 48.8 Å². The van der Waals surface area contributed by atoms with Crippen LogP contribution in [0.1, 0.15) is 40.2 Å². The molecule has 1 aromatic heterocycles. The quantitative estimate of drug-likeness (QED) is 0.800. The van der Waals surface area contributed by atoms with Crippen molar-refractivity contribution >= 4 is 5.91 Å². The monoisotopic (exact) mass is 332 g/mol. The number of carbonyl (C=O) groups is 1. The third-order valence-electron chi connectivity index (χ3n) is 4.96. The minimum absolute atomic E-state index is 0.259. The lowest BCUT2D eigenvalue weighted by Crippen LogP contribution is -2.34. The van der Waals surface area contributed by atoms with E-state index in [1.165, 1.54) is 12.1 Å². The van der Waals surface area contributed by atoms with Crippen molar-refractivity contribution in [3.05, 3.63) is 52.3 Å². The van der Waals surface area contributed by atoms with Gasteiger partial charge < -0.3 is 10.6 Å². The molecule has 1 amide bonds. The zero-order valence-corrected chi connectivity index (χ0v) is 13.1. The molecule has 0 spiro atoms. The Balaban J connectivity index is 1.48. The molecule has 1 saturated carbocycles. The molecule has 1 fully saturated rings. The van der Waals surface area contributed by atoms with Crippen molar-refractivity contribution in [1.82, 2.24) is 20.8 Å². The lowest BCUT2D eigenvalue weighted by molar-refractivity contribution is 0.0943. The molecule has 1 aliphatic heterocycles. The molecule has 7 heteroatoms. The van der Waals surface area contributed by atoms with Crippen molar-refractivity contribution in [2.45, 2.75) is 31.2 Å². The molecule has 3 N–H and O–H groups in total. The van der Waals surface area contributed by atoms with Gasteiger partial charge in [0.1, 0.15) is 11.6 Å². The SMILES string of the molecule is O=C(NCC1(c2ccc(F)cc2F)CC1)c1n[nH]c2c1CNCC2. The Kier molecular flexibility index (Phi) is 3.60. The van der Waals surface area contributed by atoms with E-state index in [0.717, 1.165) is 43.1 Å². The molecule has 0 atom stereocenters. The number of H-pyrrole nitrogens is 1. The Labute approximate surface area is 137 Å². The molecule has 1 aromatic carbocycles. The molecule has 4 rings (SSSR count). The Morgan fingerprint density at radius 1 is 1.33 bits per heavy atom. The number of nitrogens with one attached hydrogen (secondary N) is 3. The Morgan fingerprint density at radius 3 is 2.92 bits per heavy atom. The van der Waals surface area contributed by atoms with Crippen LogP contribution in [0.3, 0.4) is 0 Å². The van der Waals surface area contributed by atoms with Crippen LogP contribution in [-0.2, 0) is 18.4 Å². The number of hydrogen-bond acceptors (Lipinski definition) is 3. The van der Waals surface area contributed by atoms with Crippen LogP contribution in [0.5, 0.6) is 0 Å². The van der Waals surface area contributed by atoms with Crippen LogP contribution >= 0.6 is 0 Å². The summed E-state index contributed by atoms with van der Waals surface area (Å²) in [7, 11) is 0. The van der Waals surface area contributed by atoms with E-state index in [1.54, 1.807) is 0 Å². The fourth-order valence-corrected chi connectivity index (χ4v) is 3.36. The second-order valence-corrected chi connectivity index (χ2v) is 6.54. The maximum Gasteiger partial charge on any atom is 0.272 e. The summed E-state index contributed by atoms with van der Waals surface area (Å²) in [6, 6.07) is 3.63. The molecule has 5 nitrogen and oxygen atoms in total. The minimum atomic E-state index is -0.591. The highest BCUT2D eigenvalue weighted by Gasteiger charge is 2.46. The number of fused-ring (bicyclic) bond motifs is 1. The molecular weight excluding hydrogens is 314 g/mol. The van der Waals surface area contributed by atoms with Crippen LogP contribution in [0.4, 0.5) is 8.78 Å². The van der Waals surface area contributed by atoms with Crippen LogP contribution in [0, 0.1) is 11.6 Å². The smallest absolute Gasteiger partial charge is 0.272 e. The lowest BCUT2D eigenvalue weighted by atomic mass is 9.95. The summed E-state index contributed by atoms with van der Waals surface area (Å²) in [5.74, 6) is -1.40. The maximum atomic E-state index is 14.0. The maximum absolute atomic E-state index is 14.0. The van der Waals surface area contributed by atoms with Crippen molar-refractivity contribution in [3.63, 3.8) is 0 Å². The van der Waals surface area contributed by atoms with E-state index < -0.39 is 17.0 Å². The van der Waals surface area contributed by atoms with Crippen LogP contribution in [0.15, 0.2) is 18.2 Å². The zero-order chi connectivity index (χ0) is 16.7. The number of halogens is 2. The highest BCUT2D eigenvalue weighted by atomic mass is 19.1. The van der Waals surface area contributed by atoms with Gasteiger partial charge in [-0.25, -0.2) is 8.78 Å². The summed E-state index contributed by atoms with van der Waals surface area (Å²) in [4.78, 5) is 12.4. The van der Waals surface area contributed by atoms with Crippen molar-refractivity contribution < 1.29 is 13.6 Å². The first-order valence-electron chi connectivity index (χ1n) is 8.10. The number of nitrogens with zero attached hydrogens (tertiary/aromatic N) is 1. The number of aromatic nitrogens is 2. The third kappa shape index (κ3) is 2.58. The average molecular weight is 332 g/mol. The van der Waals surface area contributed by atoms with Gasteiger partial charge in [0.25, 0.3) is 5.91 Å². The van der Waals surface area contributed by atoms with Crippen molar-refractivity contribution in [2.75, 3.05) is 13.1 Å². The summed E-state index contributed by atoms with van der Waals surface area (Å²) in [5.41, 5.74) is 2.32. The first-order valence-corrected chi connectivity index (χ1v) is 8.10. The molecule has 0 bridgehead atoms. The van der Waals surface area contributed by atoms with Gasteiger partial charge >= 0.3 is 0 Å². The molecule has 0 unspecified atom stereocenters. The standard InChI is InChI=1S/C17H18F2N4O/c18-10-1-2-12(13(19)7-10)17(4-5-17)9-21-16(24)15-11-8-20-6-3-14(11)22-23-15/h1-2,7,20H,3-6,8-9H2,(H,21,24)(H,22,23). The fourth-order valence-electron chi connectivity index (χ4n) is 3.36. The number of benzene rings is 1. The summed E-state index contributed by atoms with van der Waals surface area (Å²) >= 11 is 0. The normalized spacial score (nSPS) is 18.1. The number of rotatable bonds is 4. The molecule has 24 heavy (non-hydrogen) atoms. The lowest BCUT2D eigenvalue weighted by Gasteiger charge is -2.18. The van der Waals surface area contributed by atoms with Gasteiger partial charge in [0.05, 0.1) is 0 Å². The predicted molar refractivity (Wildman–Crippen MR) is 83.6 cm³/mol. The van der Waals surface area contributed by atoms with Crippen molar-refractivity contribution in [3.8, 4) is 0 Å². The van der Waals surface area contributed by atoms with E-state index in [0.29, 0.717) is 24.3 Å². The van der Waals surface area contributed by atoms with E-state index in [1.807, 2.05) is 0 Å². The van der Waals surface area contributed by atoms with Gasteiger partial charge in [-0.15, -0.1) is 0 Å². The fraction of sp³-hybridized carbons (Fsp3) is 0.412. The molecule has 0 radical (unpaired) electrons. The highest BCUT2D eigenvalue weighted by Crippen LogP contribution is 2.48. The summed E-state index contributed by atoms with van der Waals surface area (Å²) < 4.78 is 27.1. The van der Waals surface area contributed by atoms with Crippen LogP contribution in [0.25, 0.3) is 0 Å².